The lowest BCUT2D eigenvalue weighted by molar-refractivity contribution is -0.139. The fourth-order valence-electron chi connectivity index (χ4n) is 4.44. The first-order chi connectivity index (χ1) is 18.3. The van der Waals surface area contributed by atoms with Gasteiger partial charge in [0.05, 0.1) is 40.0 Å². The average molecular weight is 657 g/mol. The van der Waals surface area contributed by atoms with E-state index in [9.17, 15) is 9.59 Å². The van der Waals surface area contributed by atoms with Crippen molar-refractivity contribution in [2.24, 2.45) is 4.99 Å². The van der Waals surface area contributed by atoms with E-state index in [1.807, 2.05) is 65.4 Å². The Kier molecular flexibility index (Phi) is 7.56. The molecule has 5 rings (SSSR count). The fraction of sp³-hybridized carbons (Fsp3) is 0.179. The Hall–Kier alpha value is -3.21. The van der Waals surface area contributed by atoms with Gasteiger partial charge in [0.1, 0.15) is 5.75 Å². The number of esters is 1. The van der Waals surface area contributed by atoms with Gasteiger partial charge in [0.25, 0.3) is 5.56 Å². The zero-order chi connectivity index (χ0) is 27.0. The Bertz CT molecular complexity index is 1750. The van der Waals surface area contributed by atoms with Gasteiger partial charge >= 0.3 is 5.97 Å². The summed E-state index contributed by atoms with van der Waals surface area (Å²) in [5.74, 6) is 0.150. The summed E-state index contributed by atoms with van der Waals surface area (Å²) >= 11 is 8.30. The second-order valence-corrected chi connectivity index (χ2v) is 11.3. The molecule has 4 aromatic rings. The third kappa shape index (κ3) is 4.83. The van der Waals surface area contributed by atoms with Gasteiger partial charge in [-0.15, -0.1) is 0 Å². The molecule has 1 aliphatic heterocycles. The van der Waals surface area contributed by atoms with E-state index >= 15 is 0 Å². The van der Waals surface area contributed by atoms with Crippen LogP contribution in [0.25, 0.3) is 11.8 Å². The normalized spacial score (nSPS) is 15.3. The number of fused-ring (bicyclic) bond motifs is 1. The van der Waals surface area contributed by atoms with Gasteiger partial charge in [-0.3, -0.25) is 9.36 Å². The summed E-state index contributed by atoms with van der Waals surface area (Å²) in [7, 11) is 1.58. The lowest BCUT2D eigenvalue weighted by atomic mass is 9.96. The topological polar surface area (TPSA) is 74.8 Å². The summed E-state index contributed by atoms with van der Waals surface area (Å²) in [5, 5.41) is 0. The molecule has 0 radical (unpaired) electrons. The fourth-order valence-corrected chi connectivity index (χ4v) is 6.30. The van der Waals surface area contributed by atoms with Crippen LogP contribution in [0.15, 0.2) is 90.8 Å². The molecular formula is C28H23Br2N3O4S. The summed E-state index contributed by atoms with van der Waals surface area (Å²) in [5.41, 5.74) is 3.18. The van der Waals surface area contributed by atoms with Gasteiger partial charge < -0.3 is 14.0 Å². The number of rotatable bonds is 6. The quantitative estimate of drug-likeness (QED) is 0.270. The molecule has 0 amide bonds. The number of nitrogens with zero attached hydrogens (tertiary/aromatic N) is 3. The molecule has 1 aliphatic rings. The van der Waals surface area contributed by atoms with Crippen molar-refractivity contribution in [3.8, 4) is 11.4 Å². The molecule has 38 heavy (non-hydrogen) atoms. The Morgan fingerprint density at radius 3 is 2.61 bits per heavy atom. The first-order valence-electron chi connectivity index (χ1n) is 11.8. The van der Waals surface area contributed by atoms with E-state index in [-0.39, 0.29) is 12.2 Å². The van der Waals surface area contributed by atoms with E-state index in [0.29, 0.717) is 30.8 Å². The highest BCUT2D eigenvalue weighted by Crippen LogP contribution is 2.35. The smallest absolute Gasteiger partial charge is 0.338 e. The van der Waals surface area contributed by atoms with Crippen LogP contribution in [0.1, 0.15) is 31.1 Å². The molecule has 0 bridgehead atoms. The van der Waals surface area contributed by atoms with Crippen LogP contribution in [0, 0.1) is 0 Å². The zero-order valence-corrected chi connectivity index (χ0v) is 24.8. The molecule has 3 heterocycles. The molecule has 0 spiro atoms. The number of hydrogen-bond donors (Lipinski definition) is 0. The highest BCUT2D eigenvalue weighted by molar-refractivity contribution is 9.10. The summed E-state index contributed by atoms with van der Waals surface area (Å²) in [6.45, 7) is 3.74. The molecular weight excluding hydrogens is 634 g/mol. The van der Waals surface area contributed by atoms with Crippen LogP contribution in [-0.2, 0) is 9.53 Å². The Morgan fingerprint density at radius 2 is 1.92 bits per heavy atom. The van der Waals surface area contributed by atoms with E-state index in [2.05, 4.69) is 36.9 Å². The molecule has 2 aromatic heterocycles. The number of allylic oxidation sites excluding steroid dienone is 1. The maximum Gasteiger partial charge on any atom is 0.338 e. The Balaban J connectivity index is 1.70. The van der Waals surface area contributed by atoms with Crippen molar-refractivity contribution >= 4 is 55.2 Å². The number of halogens is 2. The molecule has 2 aromatic carbocycles. The minimum atomic E-state index is -0.701. The predicted octanol–water partition coefficient (Wildman–Crippen LogP) is 5.12. The summed E-state index contributed by atoms with van der Waals surface area (Å²) in [6, 6.07) is 16.6. The Morgan fingerprint density at radius 1 is 1.16 bits per heavy atom. The number of carbonyl (C=O) groups is 1. The number of carbonyl (C=O) groups excluding carboxylic acids is 1. The highest BCUT2D eigenvalue weighted by Gasteiger charge is 2.33. The molecule has 0 unspecified atom stereocenters. The van der Waals surface area contributed by atoms with Gasteiger partial charge in [-0.2, -0.15) is 0 Å². The van der Waals surface area contributed by atoms with Crippen molar-refractivity contribution in [2.45, 2.75) is 19.9 Å². The lowest BCUT2D eigenvalue weighted by Crippen LogP contribution is -2.40. The minimum Gasteiger partial charge on any atom is -0.496 e. The van der Waals surface area contributed by atoms with Crippen molar-refractivity contribution < 1.29 is 14.3 Å². The molecule has 0 saturated heterocycles. The summed E-state index contributed by atoms with van der Waals surface area (Å²) < 4.78 is 16.6. The van der Waals surface area contributed by atoms with Crippen LogP contribution < -0.4 is 19.6 Å². The lowest BCUT2D eigenvalue weighted by Gasteiger charge is -2.25. The summed E-state index contributed by atoms with van der Waals surface area (Å²) in [6.07, 6.45) is 3.81. The van der Waals surface area contributed by atoms with E-state index in [1.165, 1.54) is 11.3 Å². The van der Waals surface area contributed by atoms with E-state index in [0.717, 1.165) is 21.4 Å². The molecule has 0 aliphatic carbocycles. The molecule has 194 valence electrons. The highest BCUT2D eigenvalue weighted by atomic mass is 79.9. The van der Waals surface area contributed by atoms with Crippen LogP contribution in [0.5, 0.6) is 5.75 Å². The molecule has 0 saturated carbocycles. The SMILES string of the molecule is CCOC(=O)C1=C(C)N=c2s/c(=C/c3cccn3-c3ccc(Br)cc3)c(=O)n2[C@H]1c1ccc(OC)c(Br)c1. The number of aromatic nitrogens is 2. The van der Waals surface area contributed by atoms with E-state index < -0.39 is 12.0 Å². The first-order valence-corrected chi connectivity index (χ1v) is 14.2. The van der Waals surface area contributed by atoms with Gasteiger partial charge in [0, 0.05) is 22.1 Å². The van der Waals surface area contributed by atoms with Crippen molar-refractivity contribution in [3.63, 3.8) is 0 Å². The largest absolute Gasteiger partial charge is 0.496 e. The predicted molar refractivity (Wildman–Crippen MR) is 155 cm³/mol. The number of benzene rings is 2. The number of methoxy groups -OCH3 is 1. The van der Waals surface area contributed by atoms with Gasteiger partial charge in [-0.1, -0.05) is 33.3 Å². The van der Waals surface area contributed by atoms with Gasteiger partial charge in [-0.05, 0) is 89.9 Å². The molecule has 0 fully saturated rings. The third-order valence-electron chi connectivity index (χ3n) is 6.17. The number of hydrogen-bond acceptors (Lipinski definition) is 6. The monoisotopic (exact) mass is 655 g/mol. The maximum atomic E-state index is 13.9. The standard InChI is InChI=1S/C28H23Br2N3O4S/c1-4-37-27(35)24-16(2)31-28-33(25(24)17-7-12-22(36-3)21(30)14-17)26(34)23(38-28)15-20-6-5-13-32(20)19-10-8-18(29)9-11-19/h5-15,25H,4H2,1-3H3/b23-15+/t25-/m0/s1. The van der Waals surface area contributed by atoms with E-state index in [4.69, 9.17) is 9.47 Å². The molecule has 10 heteroatoms. The maximum absolute atomic E-state index is 13.9. The van der Waals surface area contributed by atoms with Crippen LogP contribution in [0.4, 0.5) is 0 Å². The second-order valence-electron chi connectivity index (χ2n) is 8.48. The van der Waals surface area contributed by atoms with E-state index in [1.54, 1.807) is 31.6 Å². The minimum absolute atomic E-state index is 0.214. The third-order valence-corrected chi connectivity index (χ3v) is 8.30. The van der Waals surface area contributed by atoms with Crippen LogP contribution in [0.2, 0.25) is 0 Å². The van der Waals surface area contributed by atoms with Crippen molar-refractivity contribution in [1.82, 2.24) is 9.13 Å². The van der Waals surface area contributed by atoms with Gasteiger partial charge in [-0.25, -0.2) is 9.79 Å². The molecule has 7 nitrogen and oxygen atoms in total. The zero-order valence-electron chi connectivity index (χ0n) is 20.8. The average Bonchev–Trinajstić information content (AvgIpc) is 3.48. The number of ether oxygens (including phenoxy) is 2. The summed E-state index contributed by atoms with van der Waals surface area (Å²) in [4.78, 5) is 32.2. The second kappa shape index (κ2) is 10.9. The van der Waals surface area contributed by atoms with Crippen LogP contribution >= 0.6 is 43.2 Å². The van der Waals surface area contributed by atoms with Crippen LogP contribution in [-0.4, -0.2) is 28.8 Å². The molecule has 1 atom stereocenters. The van der Waals surface area contributed by atoms with Gasteiger partial charge in [0.2, 0.25) is 0 Å². The van der Waals surface area contributed by atoms with Crippen molar-refractivity contribution in [2.75, 3.05) is 13.7 Å². The molecule has 0 N–H and O–H groups in total. The van der Waals surface area contributed by atoms with Crippen molar-refractivity contribution in [1.29, 1.82) is 0 Å². The Labute approximate surface area is 239 Å². The first kappa shape index (κ1) is 26.4. The number of thiazole rings is 1. The van der Waals surface area contributed by atoms with Gasteiger partial charge in [0.15, 0.2) is 4.80 Å². The van der Waals surface area contributed by atoms with Crippen LogP contribution in [0.3, 0.4) is 0 Å². The van der Waals surface area contributed by atoms with Crippen molar-refractivity contribution in [3.05, 3.63) is 112 Å².